The van der Waals surface area contributed by atoms with Crippen molar-refractivity contribution >= 4 is 17.0 Å². The van der Waals surface area contributed by atoms with Gasteiger partial charge in [0.15, 0.2) is 0 Å². The summed E-state index contributed by atoms with van der Waals surface area (Å²) in [4.78, 5) is 0. The first kappa shape index (κ1) is 23.7. The molecule has 0 saturated carbocycles. The monoisotopic (exact) mass is 362 g/mol. The summed E-state index contributed by atoms with van der Waals surface area (Å²) >= 11 is 0. The van der Waals surface area contributed by atoms with Crippen LogP contribution in [0, 0.1) is 17.8 Å². The normalized spacial score (nSPS) is 16.7. The molecule has 0 aromatic heterocycles. The van der Waals surface area contributed by atoms with Gasteiger partial charge >= 0.3 is 33.0 Å². The molecule has 134 valence electrons. The molecular weight excluding hydrogens is 332 g/mol. The van der Waals surface area contributed by atoms with Crippen LogP contribution in [0.15, 0.2) is 0 Å². The third kappa shape index (κ3) is 29.2. The summed E-state index contributed by atoms with van der Waals surface area (Å²) in [5.41, 5.74) is 0. The molecular formula is C13H30F6P2. The summed E-state index contributed by atoms with van der Waals surface area (Å²) in [6.07, 6.45) is 4.17. The quantitative estimate of drug-likeness (QED) is 0.333. The summed E-state index contributed by atoms with van der Waals surface area (Å²) < 4.78 is 59.2. The van der Waals surface area contributed by atoms with E-state index in [0.29, 0.717) is 5.16 Å². The van der Waals surface area contributed by atoms with Gasteiger partial charge in [0, 0.05) is 0 Å². The van der Waals surface area contributed by atoms with Crippen molar-refractivity contribution < 1.29 is 25.2 Å². The predicted molar refractivity (Wildman–Crippen MR) is 85.8 cm³/mol. The van der Waals surface area contributed by atoms with Crippen LogP contribution < -0.4 is 0 Å². The molecule has 0 radical (unpaired) electrons. The minimum atomic E-state index is -10.7. The van der Waals surface area contributed by atoms with Crippen LogP contribution in [0.1, 0.15) is 60.8 Å². The third-order valence-corrected chi connectivity index (χ3v) is 3.39. The molecule has 0 spiro atoms. The van der Waals surface area contributed by atoms with Crippen molar-refractivity contribution in [2.45, 2.75) is 66.0 Å². The number of halogens is 6. The Kier molecular flexibility index (Phi) is 7.80. The molecule has 21 heavy (non-hydrogen) atoms. The van der Waals surface area contributed by atoms with E-state index in [4.69, 9.17) is 0 Å². The van der Waals surface area contributed by atoms with Crippen molar-refractivity contribution in [1.29, 1.82) is 0 Å². The maximum atomic E-state index is 9.87. The van der Waals surface area contributed by atoms with E-state index in [-0.39, 0.29) is 0 Å². The molecule has 0 rings (SSSR count). The summed E-state index contributed by atoms with van der Waals surface area (Å²) in [7, 11) is -8.40. The molecule has 0 aliphatic heterocycles. The van der Waals surface area contributed by atoms with Crippen molar-refractivity contribution in [2.75, 3.05) is 0 Å². The van der Waals surface area contributed by atoms with Crippen molar-refractivity contribution in [3.8, 4) is 0 Å². The van der Waals surface area contributed by atoms with Crippen molar-refractivity contribution in [2.24, 2.45) is 17.8 Å². The van der Waals surface area contributed by atoms with Crippen LogP contribution in [0.3, 0.4) is 0 Å². The Balaban J connectivity index is 0. The third-order valence-electron chi connectivity index (χ3n) is 2.52. The molecule has 0 heterocycles. The molecule has 0 aromatic rings. The van der Waals surface area contributed by atoms with E-state index in [1.807, 2.05) is 0 Å². The molecule has 0 bridgehead atoms. The molecule has 0 aliphatic carbocycles. The molecule has 1 unspecified atom stereocenters. The number of hydrogen-bond acceptors (Lipinski definition) is 0. The van der Waals surface area contributed by atoms with Crippen LogP contribution in [0.25, 0.3) is 0 Å². The molecule has 0 saturated heterocycles. The van der Waals surface area contributed by atoms with Gasteiger partial charge in [0.25, 0.3) is 0 Å². The van der Waals surface area contributed by atoms with Gasteiger partial charge in [-0.1, -0.05) is 41.5 Å². The van der Waals surface area contributed by atoms with Gasteiger partial charge in [-0.2, -0.15) is 0 Å². The average molecular weight is 362 g/mol. The van der Waals surface area contributed by atoms with Crippen LogP contribution in [0.4, 0.5) is 25.2 Å². The van der Waals surface area contributed by atoms with E-state index in [9.17, 15) is 25.2 Å². The minimum absolute atomic E-state index is 0.594. The van der Waals surface area contributed by atoms with E-state index >= 15 is 0 Å². The topological polar surface area (TPSA) is 0 Å². The SMILES string of the molecule is CC(C)CC([PH3+])(CC(C)C)CC(C)C.F[P-](F)(F)(F)(F)F. The van der Waals surface area contributed by atoms with Crippen molar-refractivity contribution in [1.82, 2.24) is 0 Å². The van der Waals surface area contributed by atoms with Crippen molar-refractivity contribution in [3.63, 3.8) is 0 Å². The molecule has 0 N–H and O–H groups in total. The Morgan fingerprint density at radius 2 is 0.810 bits per heavy atom. The number of hydrogen-bond donors (Lipinski definition) is 0. The first-order valence-corrected chi connectivity index (χ1v) is 9.85. The average Bonchev–Trinajstić information content (AvgIpc) is 1.88. The fourth-order valence-corrected chi connectivity index (χ4v) is 4.58. The fourth-order valence-electron chi connectivity index (χ4n) is 2.85. The standard InChI is InChI=1S/C13H29P.F6P/c1-10(2)7-13(14,8-11(3)4)9-12(5)6;1-7(2,3,4,5)6/h10-12H,7-9,14H2,1-6H3;/q;-1/p+1. The Morgan fingerprint density at radius 3 is 0.905 bits per heavy atom. The van der Waals surface area contributed by atoms with Crippen LogP contribution >= 0.6 is 17.0 Å². The second-order valence-corrected chi connectivity index (χ2v) is 10.7. The zero-order chi connectivity index (χ0) is 17.8. The van der Waals surface area contributed by atoms with Gasteiger partial charge in [-0.25, -0.2) is 0 Å². The number of rotatable bonds is 6. The summed E-state index contributed by atoms with van der Waals surface area (Å²) in [5.74, 6) is 2.51. The molecule has 0 aliphatic rings. The second kappa shape index (κ2) is 6.91. The zero-order valence-electron chi connectivity index (χ0n) is 13.8. The Bertz CT molecular complexity index is 266. The van der Waals surface area contributed by atoms with E-state index < -0.39 is 7.81 Å². The van der Waals surface area contributed by atoms with Gasteiger partial charge in [0.05, 0.1) is 5.16 Å². The summed E-state index contributed by atoms with van der Waals surface area (Å²) in [5, 5.41) is 0.594. The van der Waals surface area contributed by atoms with Gasteiger partial charge in [-0.15, -0.1) is 0 Å². The predicted octanol–water partition coefficient (Wildman–Crippen LogP) is 7.85. The van der Waals surface area contributed by atoms with Crippen LogP contribution in [-0.2, 0) is 0 Å². The molecule has 1 atom stereocenters. The molecule has 0 amide bonds. The molecule has 0 fully saturated rings. The van der Waals surface area contributed by atoms with Crippen LogP contribution in [-0.4, -0.2) is 5.16 Å². The van der Waals surface area contributed by atoms with Gasteiger partial charge in [0.1, 0.15) is 0 Å². The Morgan fingerprint density at radius 1 is 0.667 bits per heavy atom. The van der Waals surface area contributed by atoms with Gasteiger partial charge in [-0.05, 0) is 46.3 Å². The van der Waals surface area contributed by atoms with Crippen molar-refractivity contribution in [3.05, 3.63) is 0 Å². The Hall–Kier alpha value is 0.440. The van der Waals surface area contributed by atoms with E-state index in [1.54, 1.807) is 0 Å². The van der Waals surface area contributed by atoms with E-state index in [2.05, 4.69) is 50.8 Å². The zero-order valence-corrected chi connectivity index (χ0v) is 16.1. The van der Waals surface area contributed by atoms with Gasteiger partial charge < -0.3 is 0 Å². The maximum absolute atomic E-state index is 10.7. The van der Waals surface area contributed by atoms with E-state index in [0.717, 1.165) is 17.8 Å². The second-order valence-electron chi connectivity index (χ2n) is 7.25. The van der Waals surface area contributed by atoms with Crippen LogP contribution in [0.2, 0.25) is 0 Å². The fraction of sp³-hybridized carbons (Fsp3) is 1.00. The first-order chi connectivity index (χ1) is 8.70. The molecule has 8 heteroatoms. The first-order valence-electron chi connectivity index (χ1n) is 7.12. The molecule has 0 nitrogen and oxygen atoms in total. The van der Waals surface area contributed by atoms with Gasteiger partial charge in [0.2, 0.25) is 0 Å². The van der Waals surface area contributed by atoms with Gasteiger partial charge in [-0.3, -0.25) is 0 Å². The Labute approximate surface area is 126 Å². The van der Waals surface area contributed by atoms with Crippen LogP contribution in [0.5, 0.6) is 0 Å². The van der Waals surface area contributed by atoms with E-state index in [1.165, 1.54) is 19.3 Å². The molecule has 0 aromatic carbocycles. The summed E-state index contributed by atoms with van der Waals surface area (Å²) in [6.45, 7) is 14.1. The summed E-state index contributed by atoms with van der Waals surface area (Å²) in [6, 6.07) is 0.